The van der Waals surface area contributed by atoms with Crippen LogP contribution < -0.4 is 10.1 Å². The van der Waals surface area contributed by atoms with Crippen LogP contribution in [0.4, 0.5) is 0 Å². The van der Waals surface area contributed by atoms with Crippen LogP contribution >= 0.6 is 23.2 Å². The summed E-state index contributed by atoms with van der Waals surface area (Å²) in [5.41, 5.74) is 3.10. The first kappa shape index (κ1) is 16.6. The Morgan fingerprint density at radius 1 is 1.13 bits per heavy atom. The first-order chi connectivity index (χ1) is 11.0. The van der Waals surface area contributed by atoms with Crippen molar-refractivity contribution in [2.24, 2.45) is 5.92 Å². The van der Waals surface area contributed by atoms with Crippen LogP contribution in [0.1, 0.15) is 29.2 Å². The number of benzene rings is 1. The quantitative estimate of drug-likeness (QED) is 0.864. The van der Waals surface area contributed by atoms with Gasteiger partial charge in [-0.05, 0) is 56.1 Å². The summed E-state index contributed by atoms with van der Waals surface area (Å²) in [6, 6.07) is 5.81. The minimum Gasteiger partial charge on any atom is -0.485 e. The van der Waals surface area contributed by atoms with Crippen molar-refractivity contribution < 1.29 is 4.74 Å². The maximum atomic E-state index is 6.46. The number of halogens is 2. The summed E-state index contributed by atoms with van der Waals surface area (Å²) in [5, 5.41) is 4.77. The van der Waals surface area contributed by atoms with E-state index in [4.69, 9.17) is 27.9 Å². The van der Waals surface area contributed by atoms with E-state index in [-0.39, 0.29) is 6.10 Å². The lowest BCUT2D eigenvalue weighted by molar-refractivity contribution is 0.142. The molecule has 3 rings (SSSR count). The van der Waals surface area contributed by atoms with E-state index >= 15 is 0 Å². The minimum atomic E-state index is -0.0743. The van der Waals surface area contributed by atoms with Crippen LogP contribution in [-0.2, 0) is 0 Å². The fraction of sp³-hybridized carbons (Fsp3) is 0.389. The van der Waals surface area contributed by atoms with Crippen LogP contribution in [0.15, 0.2) is 30.6 Å². The average Bonchev–Trinajstić information content (AvgIpc) is 3.00. The zero-order chi connectivity index (χ0) is 16.4. The third-order valence-electron chi connectivity index (χ3n) is 4.25. The molecular formula is C18H20Cl2N2O. The second-order valence-electron chi connectivity index (χ2n) is 6.10. The Labute approximate surface area is 147 Å². The number of hydrogen-bond donors (Lipinski definition) is 1. The molecule has 3 nitrogen and oxygen atoms in total. The molecule has 2 heterocycles. The van der Waals surface area contributed by atoms with E-state index in [1.165, 1.54) is 0 Å². The molecule has 0 aliphatic carbocycles. The summed E-state index contributed by atoms with van der Waals surface area (Å²) in [5.74, 6) is 1.29. The van der Waals surface area contributed by atoms with Gasteiger partial charge in [0.05, 0.1) is 5.02 Å². The number of ether oxygens (including phenoxy) is 1. The molecule has 1 aliphatic rings. The van der Waals surface area contributed by atoms with Gasteiger partial charge in [0.2, 0.25) is 0 Å². The van der Waals surface area contributed by atoms with Crippen LogP contribution in [0.3, 0.4) is 0 Å². The predicted molar refractivity (Wildman–Crippen MR) is 94.5 cm³/mol. The van der Waals surface area contributed by atoms with E-state index in [1.807, 2.05) is 38.2 Å². The monoisotopic (exact) mass is 350 g/mol. The Balaban J connectivity index is 1.96. The highest BCUT2D eigenvalue weighted by molar-refractivity contribution is 6.31. The second-order valence-corrected chi connectivity index (χ2v) is 6.97. The molecule has 2 aromatic rings. The third kappa shape index (κ3) is 3.79. The lowest BCUT2D eigenvalue weighted by Gasteiger charge is -2.26. The molecule has 1 unspecified atom stereocenters. The molecule has 1 aromatic carbocycles. The number of nitrogens with zero attached hydrogens (tertiary/aromatic N) is 1. The number of aryl methyl sites for hydroxylation is 2. The summed E-state index contributed by atoms with van der Waals surface area (Å²) in [4.78, 5) is 4.22. The Hall–Kier alpha value is -1.29. The van der Waals surface area contributed by atoms with Gasteiger partial charge in [0.25, 0.3) is 0 Å². The van der Waals surface area contributed by atoms with Gasteiger partial charge in [-0.25, -0.2) is 0 Å². The molecule has 5 heteroatoms. The number of nitrogens with one attached hydrogen (secondary N) is 1. The molecule has 23 heavy (non-hydrogen) atoms. The van der Waals surface area contributed by atoms with Gasteiger partial charge in [0, 0.05) is 35.4 Å². The highest BCUT2D eigenvalue weighted by Gasteiger charge is 2.29. The van der Waals surface area contributed by atoms with E-state index in [0.29, 0.717) is 10.9 Å². The molecule has 0 bridgehead atoms. The molecule has 0 radical (unpaired) electrons. The number of pyridine rings is 1. The van der Waals surface area contributed by atoms with E-state index in [0.717, 1.165) is 47.0 Å². The molecule has 1 saturated heterocycles. The largest absolute Gasteiger partial charge is 0.485 e. The van der Waals surface area contributed by atoms with Crippen molar-refractivity contribution in [3.8, 4) is 5.75 Å². The highest BCUT2D eigenvalue weighted by atomic mass is 35.5. The summed E-state index contributed by atoms with van der Waals surface area (Å²) in [6.45, 7) is 5.99. The Morgan fingerprint density at radius 2 is 1.87 bits per heavy atom. The van der Waals surface area contributed by atoms with Crippen molar-refractivity contribution in [3.05, 3.63) is 57.3 Å². The molecule has 1 N–H and O–H groups in total. The van der Waals surface area contributed by atoms with Crippen molar-refractivity contribution in [2.45, 2.75) is 26.4 Å². The average molecular weight is 351 g/mol. The van der Waals surface area contributed by atoms with Crippen LogP contribution in [0.25, 0.3) is 0 Å². The van der Waals surface area contributed by atoms with Crippen molar-refractivity contribution in [1.29, 1.82) is 0 Å². The number of aromatic nitrogens is 1. The Bertz CT molecular complexity index is 676. The molecule has 0 spiro atoms. The van der Waals surface area contributed by atoms with E-state index in [9.17, 15) is 0 Å². The van der Waals surface area contributed by atoms with Crippen molar-refractivity contribution >= 4 is 23.2 Å². The van der Waals surface area contributed by atoms with Gasteiger partial charge in [-0.2, -0.15) is 0 Å². The molecule has 1 aliphatic heterocycles. The van der Waals surface area contributed by atoms with Crippen molar-refractivity contribution in [1.82, 2.24) is 10.3 Å². The van der Waals surface area contributed by atoms with E-state index in [2.05, 4.69) is 10.3 Å². The normalized spacial score (nSPS) is 18.9. The molecule has 122 valence electrons. The summed E-state index contributed by atoms with van der Waals surface area (Å²) in [6.07, 6.45) is 4.49. The Morgan fingerprint density at radius 3 is 2.48 bits per heavy atom. The summed E-state index contributed by atoms with van der Waals surface area (Å²) in [7, 11) is 0. The molecule has 1 aromatic heterocycles. The number of hydrogen-bond acceptors (Lipinski definition) is 3. The third-order valence-corrected chi connectivity index (χ3v) is 4.68. The molecule has 0 saturated carbocycles. The summed E-state index contributed by atoms with van der Waals surface area (Å²) >= 11 is 12.3. The predicted octanol–water partition coefficient (Wildman–Crippen LogP) is 4.73. The van der Waals surface area contributed by atoms with Crippen molar-refractivity contribution in [3.63, 3.8) is 0 Å². The first-order valence-corrected chi connectivity index (χ1v) is 8.55. The topological polar surface area (TPSA) is 34.1 Å². The van der Waals surface area contributed by atoms with Crippen LogP contribution in [-0.4, -0.2) is 18.1 Å². The van der Waals surface area contributed by atoms with Gasteiger partial charge in [0.1, 0.15) is 11.9 Å². The first-order valence-electron chi connectivity index (χ1n) is 7.79. The molecule has 2 atom stereocenters. The molecular weight excluding hydrogens is 331 g/mol. The van der Waals surface area contributed by atoms with Gasteiger partial charge in [0.15, 0.2) is 0 Å². The van der Waals surface area contributed by atoms with Gasteiger partial charge in [-0.15, -0.1) is 0 Å². The van der Waals surface area contributed by atoms with Gasteiger partial charge >= 0.3 is 0 Å². The van der Waals surface area contributed by atoms with E-state index in [1.54, 1.807) is 6.20 Å². The SMILES string of the molecule is Cc1cc(Cl)cc(C)c1OC(c1cncc(Cl)c1)[C@H]1CCNC1. The van der Waals surface area contributed by atoms with Crippen LogP contribution in [0.2, 0.25) is 10.0 Å². The molecule has 0 amide bonds. The number of rotatable bonds is 4. The van der Waals surface area contributed by atoms with Gasteiger partial charge < -0.3 is 10.1 Å². The minimum absolute atomic E-state index is 0.0743. The smallest absolute Gasteiger partial charge is 0.129 e. The standard InChI is InChI=1S/C18H20Cl2N2O/c1-11-5-15(19)6-12(2)17(11)23-18(13-3-4-21-8-13)14-7-16(20)10-22-9-14/h5-7,9-10,13,18,21H,3-4,8H2,1-2H3/t13-,18?/m0/s1. The van der Waals surface area contributed by atoms with Crippen LogP contribution in [0.5, 0.6) is 5.75 Å². The van der Waals surface area contributed by atoms with Gasteiger partial charge in [-0.3, -0.25) is 4.98 Å². The highest BCUT2D eigenvalue weighted by Crippen LogP contribution is 2.36. The fourth-order valence-electron chi connectivity index (χ4n) is 3.17. The summed E-state index contributed by atoms with van der Waals surface area (Å²) < 4.78 is 6.46. The maximum absolute atomic E-state index is 6.46. The lowest BCUT2D eigenvalue weighted by atomic mass is 9.95. The fourth-order valence-corrected chi connectivity index (χ4v) is 3.68. The maximum Gasteiger partial charge on any atom is 0.129 e. The Kier molecular flexibility index (Phi) is 5.10. The zero-order valence-corrected chi connectivity index (χ0v) is 14.8. The van der Waals surface area contributed by atoms with E-state index < -0.39 is 0 Å². The van der Waals surface area contributed by atoms with Gasteiger partial charge in [-0.1, -0.05) is 23.2 Å². The zero-order valence-electron chi connectivity index (χ0n) is 13.3. The van der Waals surface area contributed by atoms with Crippen molar-refractivity contribution in [2.75, 3.05) is 13.1 Å². The second kappa shape index (κ2) is 7.08. The van der Waals surface area contributed by atoms with Crippen LogP contribution in [0, 0.1) is 19.8 Å². The molecule has 1 fully saturated rings. The lowest BCUT2D eigenvalue weighted by Crippen LogP contribution is -2.22.